The predicted molar refractivity (Wildman–Crippen MR) is 174 cm³/mol. The van der Waals surface area contributed by atoms with Gasteiger partial charge in [0.1, 0.15) is 6.61 Å². The van der Waals surface area contributed by atoms with E-state index in [9.17, 15) is 14.4 Å². The number of ether oxygens (including phenoxy) is 5. The van der Waals surface area contributed by atoms with Crippen molar-refractivity contribution >= 4 is 51.7 Å². The predicted octanol–water partition coefficient (Wildman–Crippen LogP) is 5.42. The highest BCUT2D eigenvalue weighted by atomic mass is 79.9. The molecule has 0 unspecified atom stereocenters. The van der Waals surface area contributed by atoms with Gasteiger partial charge in [0.2, 0.25) is 0 Å². The minimum Gasteiger partial charge on any atom is -0.493 e. The lowest BCUT2D eigenvalue weighted by Gasteiger charge is -2.28. The number of allylic oxidation sites excluding steroid dienone is 1. The molecule has 0 aromatic heterocycles. The molecule has 3 N–H and O–H groups in total. The van der Waals surface area contributed by atoms with Gasteiger partial charge in [-0.2, -0.15) is 5.10 Å². The van der Waals surface area contributed by atoms with Crippen LogP contribution in [0, 0.1) is 0 Å². The van der Waals surface area contributed by atoms with Gasteiger partial charge in [0.05, 0.1) is 38.7 Å². The summed E-state index contributed by atoms with van der Waals surface area (Å²) in [6.45, 7) is 3.36. The Morgan fingerprint density at radius 2 is 1.76 bits per heavy atom. The number of urea groups is 1. The minimum atomic E-state index is -0.787. The summed E-state index contributed by atoms with van der Waals surface area (Å²) in [5.74, 6) is 0.349. The number of amides is 3. The Labute approximate surface area is 279 Å². The van der Waals surface area contributed by atoms with Gasteiger partial charge in [-0.05, 0) is 61.4 Å². The number of hydrogen-bond acceptors (Lipinski definition) is 9. The first kappa shape index (κ1) is 34.1. The molecule has 3 aromatic carbocycles. The van der Waals surface area contributed by atoms with Gasteiger partial charge < -0.3 is 34.3 Å². The van der Waals surface area contributed by atoms with Crippen molar-refractivity contribution in [3.05, 3.63) is 92.1 Å². The zero-order valence-electron chi connectivity index (χ0n) is 25.4. The van der Waals surface area contributed by atoms with E-state index in [4.69, 9.17) is 35.3 Å². The Morgan fingerprint density at radius 3 is 2.46 bits per heavy atom. The standard InChI is InChI=1S/C32H32BrClN4O8/c1-5-44-31(40)28-18(2)36-32(41)37-29(28)20-8-11-24(25(13-20)42-3)45-17-27(39)38-35-15-21-12-22(33)14-26(43-4)30(21)46-16-19-6-9-23(34)10-7-19/h6-15,29H,5,16-17H2,1-4H3,(H,38,39)(H2,36,37,41)/b35-15+/t29-/m1/s1. The molecule has 3 aromatic rings. The van der Waals surface area contributed by atoms with Gasteiger partial charge in [-0.15, -0.1) is 0 Å². The first-order valence-corrected chi connectivity index (χ1v) is 15.1. The maximum absolute atomic E-state index is 12.6. The van der Waals surface area contributed by atoms with Crippen molar-refractivity contribution in [1.82, 2.24) is 16.1 Å². The molecule has 0 saturated heterocycles. The summed E-state index contributed by atoms with van der Waals surface area (Å²) in [4.78, 5) is 37.4. The number of carbonyl (C=O) groups excluding carboxylic acids is 3. The summed E-state index contributed by atoms with van der Waals surface area (Å²) in [7, 11) is 2.96. The molecule has 12 nitrogen and oxygen atoms in total. The average Bonchev–Trinajstić information content (AvgIpc) is 3.03. The van der Waals surface area contributed by atoms with Gasteiger partial charge in [-0.1, -0.05) is 45.7 Å². The van der Waals surface area contributed by atoms with Gasteiger partial charge >= 0.3 is 12.0 Å². The van der Waals surface area contributed by atoms with Gasteiger partial charge in [0.15, 0.2) is 29.6 Å². The molecule has 0 aliphatic carbocycles. The molecule has 46 heavy (non-hydrogen) atoms. The number of hydrogen-bond donors (Lipinski definition) is 3. The van der Waals surface area contributed by atoms with Gasteiger partial charge in [-0.25, -0.2) is 15.0 Å². The van der Waals surface area contributed by atoms with E-state index in [0.29, 0.717) is 33.3 Å². The molecule has 1 atom stereocenters. The van der Waals surface area contributed by atoms with Crippen molar-refractivity contribution in [2.24, 2.45) is 5.10 Å². The third-order valence-electron chi connectivity index (χ3n) is 6.60. The van der Waals surface area contributed by atoms with E-state index in [0.717, 1.165) is 10.0 Å². The average molecular weight is 716 g/mol. The summed E-state index contributed by atoms with van der Waals surface area (Å²) < 4.78 is 28.6. The second-order valence-corrected chi connectivity index (χ2v) is 11.1. The third kappa shape index (κ3) is 8.70. The molecule has 1 heterocycles. The van der Waals surface area contributed by atoms with E-state index in [2.05, 4.69) is 37.1 Å². The van der Waals surface area contributed by atoms with Crippen LogP contribution in [0.25, 0.3) is 0 Å². The molecule has 0 spiro atoms. The van der Waals surface area contributed by atoms with Crippen LogP contribution in [-0.4, -0.2) is 51.6 Å². The van der Waals surface area contributed by atoms with Crippen molar-refractivity contribution in [3.8, 4) is 23.0 Å². The van der Waals surface area contributed by atoms with Crippen molar-refractivity contribution < 1.29 is 38.1 Å². The van der Waals surface area contributed by atoms with Crippen LogP contribution in [0.5, 0.6) is 23.0 Å². The molecule has 0 saturated carbocycles. The highest BCUT2D eigenvalue weighted by molar-refractivity contribution is 9.10. The zero-order valence-corrected chi connectivity index (χ0v) is 27.8. The fraction of sp³-hybridized carbons (Fsp3) is 0.250. The monoisotopic (exact) mass is 714 g/mol. The molecule has 1 aliphatic rings. The largest absolute Gasteiger partial charge is 0.493 e. The molecule has 242 valence electrons. The Bertz CT molecular complexity index is 1660. The fourth-order valence-electron chi connectivity index (χ4n) is 4.48. The van der Waals surface area contributed by atoms with Gasteiger partial charge in [0.25, 0.3) is 5.91 Å². The van der Waals surface area contributed by atoms with Crippen LogP contribution in [0.2, 0.25) is 5.02 Å². The first-order chi connectivity index (χ1) is 22.1. The van der Waals surface area contributed by atoms with Crippen LogP contribution in [0.3, 0.4) is 0 Å². The van der Waals surface area contributed by atoms with Crippen molar-refractivity contribution in [2.75, 3.05) is 27.4 Å². The smallest absolute Gasteiger partial charge is 0.338 e. The third-order valence-corrected chi connectivity index (χ3v) is 7.31. The molecule has 14 heteroatoms. The number of nitrogens with zero attached hydrogens (tertiary/aromatic N) is 1. The molecule has 3 amide bonds. The maximum atomic E-state index is 12.6. The molecule has 0 bridgehead atoms. The highest BCUT2D eigenvalue weighted by Crippen LogP contribution is 2.36. The van der Waals surface area contributed by atoms with E-state index in [-0.39, 0.29) is 36.9 Å². The van der Waals surface area contributed by atoms with Crippen molar-refractivity contribution in [3.63, 3.8) is 0 Å². The first-order valence-electron chi connectivity index (χ1n) is 14.0. The van der Waals surface area contributed by atoms with E-state index in [1.807, 2.05) is 12.1 Å². The second-order valence-electron chi connectivity index (χ2n) is 9.72. The van der Waals surface area contributed by atoms with Crippen LogP contribution in [-0.2, 0) is 20.9 Å². The summed E-state index contributed by atoms with van der Waals surface area (Å²) in [6, 6.07) is 14.4. The van der Waals surface area contributed by atoms with Crippen LogP contribution in [0.15, 0.2) is 75.4 Å². The van der Waals surface area contributed by atoms with E-state index in [1.54, 1.807) is 56.3 Å². The minimum absolute atomic E-state index is 0.175. The van der Waals surface area contributed by atoms with Crippen molar-refractivity contribution in [1.29, 1.82) is 0 Å². The fourth-order valence-corrected chi connectivity index (χ4v) is 5.06. The summed E-state index contributed by atoms with van der Waals surface area (Å²) >= 11 is 9.43. The lowest BCUT2D eigenvalue weighted by Crippen LogP contribution is -2.45. The number of hydrazone groups is 1. The molecule has 4 rings (SSSR count). The molecule has 0 radical (unpaired) electrons. The number of methoxy groups -OCH3 is 2. The van der Waals surface area contributed by atoms with Crippen LogP contribution < -0.4 is 35.0 Å². The van der Waals surface area contributed by atoms with Gasteiger partial charge in [0, 0.05) is 20.8 Å². The number of esters is 1. The zero-order chi connectivity index (χ0) is 33.2. The Hall–Kier alpha value is -4.75. The number of halogens is 2. The van der Waals surface area contributed by atoms with E-state index >= 15 is 0 Å². The normalized spacial score (nSPS) is 14.3. The summed E-state index contributed by atoms with van der Waals surface area (Å²) in [5, 5.41) is 10.0. The number of rotatable bonds is 13. The number of carbonyl (C=O) groups is 3. The van der Waals surface area contributed by atoms with Crippen molar-refractivity contribution in [2.45, 2.75) is 26.5 Å². The molecule has 1 aliphatic heterocycles. The van der Waals surface area contributed by atoms with E-state index < -0.39 is 23.9 Å². The molecular formula is C32H32BrClN4O8. The molecule has 0 fully saturated rings. The van der Waals surface area contributed by atoms with Crippen LogP contribution in [0.4, 0.5) is 4.79 Å². The van der Waals surface area contributed by atoms with Gasteiger partial charge in [-0.3, -0.25) is 4.79 Å². The Kier molecular flexibility index (Phi) is 11.9. The topological polar surface area (TPSA) is 146 Å². The van der Waals surface area contributed by atoms with Crippen LogP contribution >= 0.6 is 27.5 Å². The number of benzene rings is 3. The maximum Gasteiger partial charge on any atom is 0.338 e. The molecular weight excluding hydrogens is 684 g/mol. The Balaban J connectivity index is 1.42. The summed E-state index contributed by atoms with van der Waals surface area (Å²) in [6.07, 6.45) is 1.43. The highest BCUT2D eigenvalue weighted by Gasteiger charge is 2.32. The summed E-state index contributed by atoms with van der Waals surface area (Å²) in [5.41, 5.74) is 5.07. The second kappa shape index (κ2) is 16.0. The lowest BCUT2D eigenvalue weighted by atomic mass is 9.95. The van der Waals surface area contributed by atoms with Crippen LogP contribution in [0.1, 0.15) is 36.6 Å². The lowest BCUT2D eigenvalue weighted by molar-refractivity contribution is -0.139. The van der Waals surface area contributed by atoms with E-state index in [1.165, 1.54) is 20.4 Å². The number of nitrogens with one attached hydrogen (secondary N) is 3. The quantitative estimate of drug-likeness (QED) is 0.121. The Morgan fingerprint density at radius 1 is 1.02 bits per heavy atom. The SMILES string of the molecule is CCOC(=O)C1=C(C)NC(=O)N[C@@H]1c1ccc(OCC(=O)N/N=C/c2cc(Br)cc(OC)c2OCc2ccc(Cl)cc2)c(OC)c1.